The predicted molar refractivity (Wildman–Crippen MR) is 75.4 cm³/mol. The molecule has 0 aromatic heterocycles. The Balaban J connectivity index is 2.48. The smallest absolute Gasteiger partial charge is 0.338 e. The molecule has 0 atom stereocenters. The Morgan fingerprint density at radius 1 is 1.05 bits per heavy atom. The number of methoxy groups -OCH3 is 1. The van der Waals surface area contributed by atoms with Gasteiger partial charge in [0.1, 0.15) is 5.75 Å². The maximum Gasteiger partial charge on any atom is 0.338 e. The fourth-order valence-corrected chi connectivity index (χ4v) is 2.38. The van der Waals surface area contributed by atoms with Crippen molar-refractivity contribution in [2.24, 2.45) is 0 Å². The highest BCUT2D eigenvalue weighted by atomic mass is 35.5. The first kappa shape index (κ1) is 13.7. The van der Waals surface area contributed by atoms with Gasteiger partial charge in [0.25, 0.3) is 0 Å². The van der Waals surface area contributed by atoms with E-state index in [-0.39, 0.29) is 15.6 Å². The van der Waals surface area contributed by atoms with E-state index in [1.165, 1.54) is 0 Å². The number of ether oxygens (including phenoxy) is 1. The summed E-state index contributed by atoms with van der Waals surface area (Å²) >= 11 is 11.9. The summed E-state index contributed by atoms with van der Waals surface area (Å²) in [5.41, 5.74) is 1.55. The van der Waals surface area contributed by atoms with Gasteiger partial charge in [-0.2, -0.15) is 0 Å². The minimum atomic E-state index is -1.14. The van der Waals surface area contributed by atoms with Crippen molar-refractivity contribution in [3.05, 3.63) is 52.0 Å². The monoisotopic (exact) mass is 296 g/mol. The lowest BCUT2D eigenvalue weighted by Crippen LogP contribution is -1.99. The summed E-state index contributed by atoms with van der Waals surface area (Å²) in [6.45, 7) is 0. The molecule has 19 heavy (non-hydrogen) atoms. The average Bonchev–Trinajstić information content (AvgIpc) is 2.37. The van der Waals surface area contributed by atoms with Crippen LogP contribution in [-0.2, 0) is 0 Å². The number of rotatable bonds is 3. The molecule has 3 nitrogen and oxygen atoms in total. The van der Waals surface area contributed by atoms with Gasteiger partial charge in [0.15, 0.2) is 0 Å². The summed E-state index contributed by atoms with van der Waals surface area (Å²) in [5.74, 6) is -0.403. The molecule has 0 saturated carbocycles. The minimum absolute atomic E-state index is 0.0828. The highest BCUT2D eigenvalue weighted by molar-refractivity contribution is 6.39. The Morgan fingerprint density at radius 3 is 2.00 bits per heavy atom. The molecular formula is C14H10Cl2O3. The number of carbonyl (C=O) groups is 1. The lowest BCUT2D eigenvalue weighted by Gasteiger charge is -2.08. The van der Waals surface area contributed by atoms with Crippen LogP contribution < -0.4 is 4.74 Å². The molecule has 98 valence electrons. The van der Waals surface area contributed by atoms with Crippen LogP contribution in [0.3, 0.4) is 0 Å². The lowest BCUT2D eigenvalue weighted by atomic mass is 10.0. The van der Waals surface area contributed by atoms with Crippen LogP contribution in [0.2, 0.25) is 10.0 Å². The Morgan fingerprint density at radius 2 is 1.58 bits per heavy atom. The minimum Gasteiger partial charge on any atom is -0.497 e. The number of carboxylic acids is 1. The van der Waals surface area contributed by atoms with Crippen LogP contribution in [0.5, 0.6) is 5.75 Å². The number of hydrogen-bond donors (Lipinski definition) is 1. The number of carboxylic acid groups (broad SMARTS) is 1. The van der Waals surface area contributed by atoms with Gasteiger partial charge in [-0.1, -0.05) is 35.3 Å². The van der Waals surface area contributed by atoms with E-state index >= 15 is 0 Å². The normalized spacial score (nSPS) is 10.3. The summed E-state index contributed by atoms with van der Waals surface area (Å²) in [4.78, 5) is 11.0. The van der Waals surface area contributed by atoms with Gasteiger partial charge in [0.2, 0.25) is 0 Å². The number of hydrogen-bond acceptors (Lipinski definition) is 2. The molecule has 0 aliphatic carbocycles. The van der Waals surface area contributed by atoms with Gasteiger partial charge < -0.3 is 9.84 Å². The second-order valence-corrected chi connectivity index (χ2v) is 4.66. The highest BCUT2D eigenvalue weighted by Gasteiger charge is 2.15. The zero-order valence-electron chi connectivity index (χ0n) is 9.98. The van der Waals surface area contributed by atoms with Crippen molar-refractivity contribution in [1.82, 2.24) is 0 Å². The summed E-state index contributed by atoms with van der Waals surface area (Å²) < 4.78 is 5.07. The van der Waals surface area contributed by atoms with E-state index in [2.05, 4.69) is 0 Å². The molecule has 2 rings (SSSR count). The van der Waals surface area contributed by atoms with Gasteiger partial charge in [-0.3, -0.25) is 0 Å². The molecule has 0 amide bonds. The third kappa shape index (κ3) is 2.83. The van der Waals surface area contributed by atoms with Crippen LogP contribution >= 0.6 is 23.2 Å². The molecule has 0 aliphatic rings. The van der Waals surface area contributed by atoms with Crippen molar-refractivity contribution in [2.75, 3.05) is 7.11 Å². The standard InChI is InChI=1S/C14H10Cl2O3/c1-19-10-4-2-8(3-5-10)9-6-11(15)13(14(17)18)12(16)7-9/h2-7H,1H3,(H,17,18). The van der Waals surface area contributed by atoms with Crippen LogP contribution in [-0.4, -0.2) is 18.2 Å². The molecular weight excluding hydrogens is 287 g/mol. The van der Waals surface area contributed by atoms with Crippen molar-refractivity contribution in [3.63, 3.8) is 0 Å². The first-order valence-electron chi connectivity index (χ1n) is 5.39. The fourth-order valence-electron chi connectivity index (χ4n) is 1.73. The topological polar surface area (TPSA) is 46.5 Å². The third-order valence-electron chi connectivity index (χ3n) is 2.68. The summed E-state index contributed by atoms with van der Waals surface area (Å²) in [6, 6.07) is 10.5. The Hall–Kier alpha value is -1.71. The molecule has 0 spiro atoms. The molecule has 2 aromatic carbocycles. The van der Waals surface area contributed by atoms with Gasteiger partial charge in [0, 0.05) is 0 Å². The zero-order valence-corrected chi connectivity index (χ0v) is 11.5. The van der Waals surface area contributed by atoms with E-state index in [0.29, 0.717) is 0 Å². The Kier molecular flexibility index (Phi) is 3.98. The molecule has 0 bridgehead atoms. The summed E-state index contributed by atoms with van der Waals surface area (Å²) in [7, 11) is 1.59. The second-order valence-electron chi connectivity index (χ2n) is 3.85. The number of aromatic carboxylic acids is 1. The van der Waals surface area contributed by atoms with E-state index < -0.39 is 5.97 Å². The largest absolute Gasteiger partial charge is 0.497 e. The molecule has 0 fully saturated rings. The molecule has 0 saturated heterocycles. The van der Waals surface area contributed by atoms with Crippen molar-refractivity contribution in [1.29, 1.82) is 0 Å². The van der Waals surface area contributed by atoms with E-state index in [9.17, 15) is 4.79 Å². The molecule has 2 aromatic rings. The predicted octanol–water partition coefficient (Wildman–Crippen LogP) is 4.37. The fraction of sp³-hybridized carbons (Fsp3) is 0.0714. The van der Waals surface area contributed by atoms with Crippen LogP contribution in [0.25, 0.3) is 11.1 Å². The quantitative estimate of drug-likeness (QED) is 0.915. The van der Waals surface area contributed by atoms with Crippen molar-refractivity contribution >= 4 is 29.2 Å². The highest BCUT2D eigenvalue weighted by Crippen LogP contribution is 2.32. The molecule has 1 N–H and O–H groups in total. The maximum atomic E-state index is 11.0. The van der Waals surface area contributed by atoms with Crippen molar-refractivity contribution < 1.29 is 14.6 Å². The summed E-state index contributed by atoms with van der Waals surface area (Å²) in [5, 5.41) is 9.22. The first-order valence-corrected chi connectivity index (χ1v) is 6.15. The van der Waals surface area contributed by atoms with E-state index in [1.54, 1.807) is 19.2 Å². The number of benzene rings is 2. The van der Waals surface area contributed by atoms with Crippen LogP contribution in [0.4, 0.5) is 0 Å². The Labute approximate surface area is 120 Å². The molecule has 0 unspecified atom stereocenters. The maximum absolute atomic E-state index is 11.0. The summed E-state index contributed by atoms with van der Waals surface area (Å²) in [6.07, 6.45) is 0. The van der Waals surface area contributed by atoms with Crippen LogP contribution in [0.15, 0.2) is 36.4 Å². The van der Waals surface area contributed by atoms with E-state index in [4.69, 9.17) is 33.0 Å². The second kappa shape index (κ2) is 5.51. The molecule has 5 heteroatoms. The number of halogens is 2. The van der Waals surface area contributed by atoms with Gasteiger partial charge in [-0.05, 0) is 35.4 Å². The van der Waals surface area contributed by atoms with Gasteiger partial charge in [0.05, 0.1) is 22.7 Å². The van der Waals surface area contributed by atoms with Crippen LogP contribution in [0, 0.1) is 0 Å². The van der Waals surface area contributed by atoms with Crippen molar-refractivity contribution in [2.45, 2.75) is 0 Å². The average molecular weight is 297 g/mol. The van der Waals surface area contributed by atoms with Crippen molar-refractivity contribution in [3.8, 4) is 16.9 Å². The molecule has 0 radical (unpaired) electrons. The third-order valence-corrected chi connectivity index (χ3v) is 3.28. The molecule has 0 heterocycles. The van der Waals surface area contributed by atoms with E-state index in [0.717, 1.165) is 16.9 Å². The lowest BCUT2D eigenvalue weighted by molar-refractivity contribution is 0.0697. The van der Waals surface area contributed by atoms with Gasteiger partial charge >= 0.3 is 5.97 Å². The Bertz CT molecular complexity index is 598. The first-order chi connectivity index (χ1) is 9.02. The van der Waals surface area contributed by atoms with Crippen LogP contribution in [0.1, 0.15) is 10.4 Å². The van der Waals surface area contributed by atoms with E-state index in [1.807, 2.05) is 24.3 Å². The van der Waals surface area contributed by atoms with Gasteiger partial charge in [-0.15, -0.1) is 0 Å². The zero-order chi connectivity index (χ0) is 14.0. The SMILES string of the molecule is COc1ccc(-c2cc(Cl)c(C(=O)O)c(Cl)c2)cc1. The van der Waals surface area contributed by atoms with Gasteiger partial charge in [-0.25, -0.2) is 4.79 Å². The molecule has 0 aliphatic heterocycles.